The van der Waals surface area contributed by atoms with Crippen LogP contribution in [0, 0.1) is 0 Å². The first kappa shape index (κ1) is 11.3. The molecule has 2 N–H and O–H groups in total. The van der Waals surface area contributed by atoms with Gasteiger partial charge in [0.15, 0.2) is 0 Å². The second kappa shape index (κ2) is 4.76. The van der Waals surface area contributed by atoms with E-state index in [1.165, 1.54) is 0 Å². The Morgan fingerprint density at radius 2 is 1.81 bits per heavy atom. The van der Waals surface area contributed by atoms with Crippen LogP contribution in [0.25, 0.3) is 0 Å². The fourth-order valence-electron chi connectivity index (χ4n) is 1.25. The van der Waals surface area contributed by atoms with Gasteiger partial charge in [0.2, 0.25) is 0 Å². The lowest BCUT2D eigenvalue weighted by molar-refractivity contribution is 0.483. The summed E-state index contributed by atoms with van der Waals surface area (Å²) in [6.07, 6.45) is 0. The van der Waals surface area contributed by atoms with E-state index >= 15 is 0 Å². The van der Waals surface area contributed by atoms with Crippen LogP contribution < -0.4 is 10.5 Å². The van der Waals surface area contributed by atoms with Crippen LogP contribution in [0.5, 0.6) is 11.5 Å². The van der Waals surface area contributed by atoms with E-state index in [4.69, 9.17) is 22.1 Å². The van der Waals surface area contributed by atoms with Crippen molar-refractivity contribution in [3.8, 4) is 11.5 Å². The van der Waals surface area contributed by atoms with Crippen molar-refractivity contribution in [1.82, 2.24) is 0 Å². The van der Waals surface area contributed by atoms with Gasteiger partial charge in [0.05, 0.1) is 5.02 Å². The van der Waals surface area contributed by atoms with E-state index in [2.05, 4.69) is 15.9 Å². The van der Waals surface area contributed by atoms with Gasteiger partial charge in [-0.05, 0) is 40.2 Å². The van der Waals surface area contributed by atoms with Crippen LogP contribution in [0.2, 0.25) is 5.02 Å². The fourth-order valence-corrected chi connectivity index (χ4v) is 1.67. The predicted octanol–water partition coefficient (Wildman–Crippen LogP) is 4.48. The topological polar surface area (TPSA) is 35.2 Å². The summed E-state index contributed by atoms with van der Waals surface area (Å²) in [4.78, 5) is 0. The molecule has 0 radical (unpaired) electrons. The van der Waals surface area contributed by atoms with Gasteiger partial charge >= 0.3 is 0 Å². The zero-order chi connectivity index (χ0) is 11.5. The SMILES string of the molecule is Nc1cccc(Oc2ccc(Br)c(Cl)c2)c1. The van der Waals surface area contributed by atoms with Gasteiger partial charge in [-0.25, -0.2) is 0 Å². The molecule has 2 nitrogen and oxygen atoms in total. The van der Waals surface area contributed by atoms with E-state index in [1.807, 2.05) is 24.3 Å². The maximum Gasteiger partial charge on any atom is 0.129 e. The van der Waals surface area contributed by atoms with Gasteiger partial charge in [0.25, 0.3) is 0 Å². The van der Waals surface area contributed by atoms with Crippen LogP contribution in [0.4, 0.5) is 5.69 Å². The van der Waals surface area contributed by atoms with E-state index in [9.17, 15) is 0 Å². The van der Waals surface area contributed by atoms with Crippen molar-refractivity contribution in [3.05, 3.63) is 52.0 Å². The van der Waals surface area contributed by atoms with Gasteiger partial charge in [-0.3, -0.25) is 0 Å². The molecule has 0 saturated heterocycles. The van der Waals surface area contributed by atoms with E-state index in [-0.39, 0.29) is 0 Å². The maximum absolute atomic E-state index is 5.96. The number of hydrogen-bond donors (Lipinski definition) is 1. The van der Waals surface area contributed by atoms with E-state index in [1.54, 1.807) is 18.2 Å². The molecule has 0 aliphatic heterocycles. The smallest absolute Gasteiger partial charge is 0.129 e. The monoisotopic (exact) mass is 297 g/mol. The first-order valence-electron chi connectivity index (χ1n) is 4.63. The van der Waals surface area contributed by atoms with Gasteiger partial charge < -0.3 is 10.5 Å². The van der Waals surface area contributed by atoms with Crippen molar-refractivity contribution in [1.29, 1.82) is 0 Å². The molecule has 0 spiro atoms. The summed E-state index contributed by atoms with van der Waals surface area (Å²) in [5.74, 6) is 1.37. The Balaban J connectivity index is 2.24. The zero-order valence-electron chi connectivity index (χ0n) is 8.28. The van der Waals surface area contributed by atoms with Crippen molar-refractivity contribution < 1.29 is 4.74 Å². The van der Waals surface area contributed by atoms with Crippen LogP contribution in [0.1, 0.15) is 0 Å². The number of nitrogen functional groups attached to an aromatic ring is 1. The minimum absolute atomic E-state index is 0.612. The summed E-state index contributed by atoms with van der Waals surface area (Å²) >= 11 is 9.28. The Kier molecular flexibility index (Phi) is 3.36. The van der Waals surface area contributed by atoms with E-state index in [0.29, 0.717) is 22.2 Å². The molecule has 2 rings (SSSR count). The van der Waals surface area contributed by atoms with E-state index < -0.39 is 0 Å². The minimum Gasteiger partial charge on any atom is -0.457 e. The molecule has 0 aromatic heterocycles. The Morgan fingerprint density at radius 1 is 1.06 bits per heavy atom. The Morgan fingerprint density at radius 3 is 2.50 bits per heavy atom. The summed E-state index contributed by atoms with van der Waals surface area (Å²) in [7, 11) is 0. The van der Waals surface area contributed by atoms with Crippen molar-refractivity contribution in [3.63, 3.8) is 0 Å². The summed E-state index contributed by atoms with van der Waals surface area (Å²) in [5, 5.41) is 0.612. The molecule has 4 heteroatoms. The highest BCUT2D eigenvalue weighted by Crippen LogP contribution is 2.30. The molecule has 0 unspecified atom stereocenters. The van der Waals surface area contributed by atoms with Crippen LogP contribution in [-0.4, -0.2) is 0 Å². The van der Waals surface area contributed by atoms with Gasteiger partial charge in [0, 0.05) is 22.3 Å². The molecule has 0 bridgehead atoms. The number of benzene rings is 2. The summed E-state index contributed by atoms with van der Waals surface area (Å²) < 4.78 is 6.45. The maximum atomic E-state index is 5.96. The average Bonchev–Trinajstić information content (AvgIpc) is 2.24. The normalized spacial score (nSPS) is 10.1. The molecule has 16 heavy (non-hydrogen) atoms. The van der Waals surface area contributed by atoms with Crippen molar-refractivity contribution in [2.75, 3.05) is 5.73 Å². The zero-order valence-corrected chi connectivity index (χ0v) is 10.6. The number of halogens is 2. The molecule has 82 valence electrons. The van der Waals surface area contributed by atoms with Crippen molar-refractivity contribution in [2.24, 2.45) is 0 Å². The Hall–Kier alpha value is -1.19. The fraction of sp³-hybridized carbons (Fsp3) is 0. The highest BCUT2D eigenvalue weighted by molar-refractivity contribution is 9.10. The highest BCUT2D eigenvalue weighted by Gasteiger charge is 2.01. The number of nitrogens with two attached hydrogens (primary N) is 1. The lowest BCUT2D eigenvalue weighted by Gasteiger charge is -2.07. The van der Waals surface area contributed by atoms with Crippen LogP contribution >= 0.6 is 27.5 Å². The molecule has 0 atom stereocenters. The minimum atomic E-state index is 0.612. The molecule has 2 aromatic rings. The molecule has 2 aromatic carbocycles. The summed E-state index contributed by atoms with van der Waals surface area (Å²) in [6.45, 7) is 0. The molecule has 0 aliphatic rings. The Bertz CT molecular complexity index is 516. The molecule has 0 fully saturated rings. The molecular weight excluding hydrogens is 289 g/mol. The largest absolute Gasteiger partial charge is 0.457 e. The van der Waals surface area contributed by atoms with Gasteiger partial charge in [-0.2, -0.15) is 0 Å². The summed E-state index contributed by atoms with van der Waals surface area (Å²) in [5.41, 5.74) is 6.32. The third kappa shape index (κ3) is 2.68. The average molecular weight is 299 g/mol. The molecule has 0 heterocycles. The van der Waals surface area contributed by atoms with Gasteiger partial charge in [0.1, 0.15) is 11.5 Å². The van der Waals surface area contributed by atoms with Gasteiger partial charge in [-0.1, -0.05) is 17.7 Å². The number of rotatable bonds is 2. The quantitative estimate of drug-likeness (QED) is 0.830. The first-order valence-corrected chi connectivity index (χ1v) is 5.81. The number of hydrogen-bond acceptors (Lipinski definition) is 2. The summed E-state index contributed by atoms with van der Waals surface area (Å²) in [6, 6.07) is 12.7. The second-order valence-electron chi connectivity index (χ2n) is 3.25. The number of ether oxygens (including phenoxy) is 1. The third-order valence-electron chi connectivity index (χ3n) is 1.98. The van der Waals surface area contributed by atoms with Crippen LogP contribution in [0.3, 0.4) is 0 Å². The molecule has 0 amide bonds. The second-order valence-corrected chi connectivity index (χ2v) is 4.51. The standard InChI is InChI=1S/C12H9BrClNO/c13-11-5-4-10(7-12(11)14)16-9-3-1-2-8(15)6-9/h1-7H,15H2. The van der Waals surface area contributed by atoms with Crippen molar-refractivity contribution >= 4 is 33.2 Å². The van der Waals surface area contributed by atoms with Gasteiger partial charge in [-0.15, -0.1) is 0 Å². The number of anilines is 1. The molecule has 0 saturated carbocycles. The Labute approximate surface area is 107 Å². The lowest BCUT2D eigenvalue weighted by atomic mass is 10.3. The van der Waals surface area contributed by atoms with Crippen molar-refractivity contribution in [2.45, 2.75) is 0 Å². The van der Waals surface area contributed by atoms with E-state index in [0.717, 1.165) is 4.47 Å². The molecule has 0 aliphatic carbocycles. The predicted molar refractivity (Wildman–Crippen MR) is 70.1 cm³/mol. The molecular formula is C12H9BrClNO. The lowest BCUT2D eigenvalue weighted by Crippen LogP contribution is -1.87. The highest BCUT2D eigenvalue weighted by atomic mass is 79.9. The first-order chi connectivity index (χ1) is 7.65. The third-order valence-corrected chi connectivity index (χ3v) is 3.22. The van der Waals surface area contributed by atoms with Crippen LogP contribution in [-0.2, 0) is 0 Å². The van der Waals surface area contributed by atoms with Crippen LogP contribution in [0.15, 0.2) is 46.9 Å².